The van der Waals surface area contributed by atoms with Gasteiger partial charge in [-0.25, -0.2) is 4.39 Å². The fourth-order valence-electron chi connectivity index (χ4n) is 2.69. The van der Waals surface area contributed by atoms with Crippen LogP contribution in [0.2, 0.25) is 0 Å². The Balaban J connectivity index is 1.67. The van der Waals surface area contributed by atoms with Crippen molar-refractivity contribution in [3.63, 3.8) is 0 Å². The van der Waals surface area contributed by atoms with Crippen LogP contribution in [0.3, 0.4) is 0 Å². The van der Waals surface area contributed by atoms with Crippen LogP contribution in [0, 0.1) is 5.82 Å². The number of hydrogen-bond donors (Lipinski definition) is 2. The third-order valence-electron chi connectivity index (χ3n) is 4.02. The summed E-state index contributed by atoms with van der Waals surface area (Å²) in [6.45, 7) is 3.89. The summed E-state index contributed by atoms with van der Waals surface area (Å²) in [6, 6.07) is 11.8. The van der Waals surface area contributed by atoms with E-state index in [0.717, 1.165) is 31.9 Å². The lowest BCUT2D eigenvalue weighted by atomic mass is 10.2. The van der Waals surface area contributed by atoms with Crippen LogP contribution >= 0.6 is 0 Å². The maximum atomic E-state index is 13.7. The molecule has 0 spiro atoms. The van der Waals surface area contributed by atoms with E-state index in [-0.39, 0.29) is 17.2 Å². The van der Waals surface area contributed by atoms with E-state index in [1.807, 2.05) is 24.3 Å². The topological polar surface area (TPSA) is 53.6 Å². The molecule has 1 aliphatic rings. The van der Waals surface area contributed by atoms with E-state index in [0.29, 0.717) is 5.69 Å². The highest BCUT2D eigenvalue weighted by atomic mass is 19.1. The molecule has 1 saturated heterocycles. The summed E-state index contributed by atoms with van der Waals surface area (Å²) in [7, 11) is 1.39. The zero-order valence-electron chi connectivity index (χ0n) is 13.5. The van der Waals surface area contributed by atoms with Gasteiger partial charge in [0.05, 0.1) is 7.11 Å². The number of piperazine rings is 1. The minimum absolute atomic E-state index is 0.118. The van der Waals surface area contributed by atoms with Gasteiger partial charge in [0.1, 0.15) is 0 Å². The number of halogens is 1. The number of amides is 1. The first-order valence-corrected chi connectivity index (χ1v) is 7.88. The van der Waals surface area contributed by atoms with Crippen molar-refractivity contribution >= 4 is 17.3 Å². The van der Waals surface area contributed by atoms with Crippen LogP contribution in [0.4, 0.5) is 15.8 Å². The number of carbonyl (C=O) groups is 1. The van der Waals surface area contributed by atoms with E-state index >= 15 is 0 Å². The van der Waals surface area contributed by atoms with Gasteiger partial charge in [-0.1, -0.05) is 0 Å². The van der Waals surface area contributed by atoms with Crippen LogP contribution in [0.1, 0.15) is 10.4 Å². The average molecular weight is 329 g/mol. The van der Waals surface area contributed by atoms with Gasteiger partial charge in [-0.3, -0.25) is 4.79 Å². The zero-order valence-corrected chi connectivity index (χ0v) is 13.5. The van der Waals surface area contributed by atoms with Crippen LogP contribution in [0.5, 0.6) is 5.75 Å². The molecule has 24 heavy (non-hydrogen) atoms. The first-order chi connectivity index (χ1) is 11.7. The SMILES string of the molecule is COc1ccc(C(=O)Nc2ccc(N3CCNCC3)cc2)cc1F. The first-order valence-electron chi connectivity index (χ1n) is 7.88. The average Bonchev–Trinajstić information content (AvgIpc) is 2.63. The highest BCUT2D eigenvalue weighted by molar-refractivity contribution is 6.04. The highest BCUT2D eigenvalue weighted by Crippen LogP contribution is 2.21. The molecular formula is C18H20FN3O2. The zero-order chi connectivity index (χ0) is 16.9. The Morgan fingerprint density at radius 2 is 1.88 bits per heavy atom. The maximum Gasteiger partial charge on any atom is 0.255 e. The van der Waals surface area contributed by atoms with E-state index in [4.69, 9.17) is 4.74 Å². The van der Waals surface area contributed by atoms with Crippen molar-refractivity contribution in [1.82, 2.24) is 5.32 Å². The van der Waals surface area contributed by atoms with Crippen LogP contribution in [0.15, 0.2) is 42.5 Å². The fourth-order valence-corrected chi connectivity index (χ4v) is 2.69. The molecule has 2 N–H and O–H groups in total. The number of methoxy groups -OCH3 is 1. The summed E-state index contributed by atoms with van der Waals surface area (Å²) in [5, 5.41) is 6.09. The van der Waals surface area contributed by atoms with Crippen LogP contribution in [0.25, 0.3) is 0 Å². The van der Waals surface area contributed by atoms with Gasteiger partial charge in [0, 0.05) is 43.1 Å². The molecule has 1 aliphatic heterocycles. The van der Waals surface area contributed by atoms with Crippen molar-refractivity contribution in [3.05, 3.63) is 53.8 Å². The van der Waals surface area contributed by atoms with Crippen molar-refractivity contribution in [3.8, 4) is 5.75 Å². The van der Waals surface area contributed by atoms with E-state index in [2.05, 4.69) is 15.5 Å². The molecular weight excluding hydrogens is 309 g/mol. The maximum absolute atomic E-state index is 13.7. The second-order valence-corrected chi connectivity index (χ2v) is 5.59. The molecule has 0 atom stereocenters. The quantitative estimate of drug-likeness (QED) is 0.905. The van der Waals surface area contributed by atoms with Crippen LogP contribution < -0.4 is 20.3 Å². The number of ether oxygens (including phenoxy) is 1. The molecule has 1 amide bonds. The van der Waals surface area contributed by atoms with Gasteiger partial charge < -0.3 is 20.3 Å². The van der Waals surface area contributed by atoms with Gasteiger partial charge >= 0.3 is 0 Å². The summed E-state index contributed by atoms with van der Waals surface area (Å²) in [5.74, 6) is -0.794. The molecule has 0 aromatic heterocycles. The minimum atomic E-state index is -0.556. The van der Waals surface area contributed by atoms with Crippen LogP contribution in [-0.4, -0.2) is 39.2 Å². The standard InChI is InChI=1S/C18H20FN3O2/c1-24-17-7-2-13(12-16(17)19)18(23)21-14-3-5-15(6-4-14)22-10-8-20-9-11-22/h2-7,12,20H,8-11H2,1H3,(H,21,23). The van der Waals surface area contributed by atoms with Crippen molar-refractivity contribution in [1.29, 1.82) is 0 Å². The predicted molar refractivity (Wildman–Crippen MR) is 92.4 cm³/mol. The first kappa shape index (κ1) is 16.3. The Morgan fingerprint density at radius 3 is 2.50 bits per heavy atom. The summed E-state index contributed by atoms with van der Waals surface area (Å²) in [4.78, 5) is 14.5. The van der Waals surface area contributed by atoms with Gasteiger partial charge in [0.15, 0.2) is 11.6 Å². The number of hydrogen-bond acceptors (Lipinski definition) is 4. The largest absolute Gasteiger partial charge is 0.494 e. The van der Waals surface area contributed by atoms with Gasteiger partial charge in [-0.15, -0.1) is 0 Å². The van der Waals surface area contributed by atoms with Crippen molar-refractivity contribution < 1.29 is 13.9 Å². The molecule has 5 nitrogen and oxygen atoms in total. The van der Waals surface area contributed by atoms with Gasteiger partial charge in [0.2, 0.25) is 0 Å². The van der Waals surface area contributed by atoms with E-state index < -0.39 is 5.82 Å². The van der Waals surface area contributed by atoms with E-state index in [1.54, 1.807) is 0 Å². The van der Waals surface area contributed by atoms with Crippen molar-refractivity contribution in [2.45, 2.75) is 0 Å². The molecule has 0 saturated carbocycles. The number of anilines is 2. The lowest BCUT2D eigenvalue weighted by molar-refractivity contribution is 0.102. The number of carbonyl (C=O) groups excluding carboxylic acids is 1. The minimum Gasteiger partial charge on any atom is -0.494 e. The molecule has 6 heteroatoms. The van der Waals surface area contributed by atoms with Gasteiger partial charge in [-0.2, -0.15) is 0 Å². The van der Waals surface area contributed by atoms with E-state index in [1.165, 1.54) is 25.3 Å². The molecule has 0 bridgehead atoms. The second kappa shape index (κ2) is 7.31. The Hall–Kier alpha value is -2.60. The number of rotatable bonds is 4. The number of nitrogens with zero attached hydrogens (tertiary/aromatic N) is 1. The lowest BCUT2D eigenvalue weighted by Crippen LogP contribution is -2.43. The predicted octanol–water partition coefficient (Wildman–Crippen LogP) is 2.50. The molecule has 2 aromatic rings. The smallest absolute Gasteiger partial charge is 0.255 e. The van der Waals surface area contributed by atoms with Gasteiger partial charge in [0.25, 0.3) is 5.91 Å². The Bertz CT molecular complexity index is 713. The third-order valence-corrected chi connectivity index (χ3v) is 4.02. The van der Waals surface area contributed by atoms with Crippen molar-refractivity contribution in [2.75, 3.05) is 43.5 Å². The summed E-state index contributed by atoms with van der Waals surface area (Å²) >= 11 is 0. The Labute approximate surface area is 140 Å². The Kier molecular flexibility index (Phi) is 4.96. The normalized spacial score (nSPS) is 14.3. The molecule has 0 unspecified atom stereocenters. The fraction of sp³-hybridized carbons (Fsp3) is 0.278. The molecule has 126 valence electrons. The third kappa shape index (κ3) is 3.65. The summed E-state index contributed by atoms with van der Waals surface area (Å²) < 4.78 is 18.5. The van der Waals surface area contributed by atoms with E-state index in [9.17, 15) is 9.18 Å². The molecule has 2 aromatic carbocycles. The molecule has 1 heterocycles. The monoisotopic (exact) mass is 329 g/mol. The van der Waals surface area contributed by atoms with Gasteiger partial charge in [-0.05, 0) is 42.5 Å². The summed E-state index contributed by atoms with van der Waals surface area (Å²) in [6.07, 6.45) is 0. The lowest BCUT2D eigenvalue weighted by Gasteiger charge is -2.29. The second-order valence-electron chi connectivity index (χ2n) is 5.59. The number of benzene rings is 2. The molecule has 1 fully saturated rings. The molecule has 3 rings (SSSR count). The Morgan fingerprint density at radius 1 is 1.17 bits per heavy atom. The van der Waals surface area contributed by atoms with Crippen molar-refractivity contribution in [2.24, 2.45) is 0 Å². The van der Waals surface area contributed by atoms with Crippen LogP contribution in [-0.2, 0) is 0 Å². The summed E-state index contributed by atoms with van der Waals surface area (Å²) in [5.41, 5.74) is 2.06. The molecule has 0 radical (unpaired) electrons. The number of nitrogens with one attached hydrogen (secondary N) is 2. The molecule has 0 aliphatic carbocycles. The highest BCUT2D eigenvalue weighted by Gasteiger charge is 2.12.